The van der Waals surface area contributed by atoms with Gasteiger partial charge in [0, 0.05) is 19.2 Å². The van der Waals surface area contributed by atoms with Crippen LogP contribution in [-0.2, 0) is 6.18 Å². The summed E-state index contributed by atoms with van der Waals surface area (Å²) in [6.45, 7) is 0. The van der Waals surface area contributed by atoms with Crippen molar-refractivity contribution in [3.8, 4) is 0 Å². The van der Waals surface area contributed by atoms with E-state index in [0.717, 1.165) is 31.7 Å². The highest BCUT2D eigenvalue weighted by atomic mass is 19.4. The van der Waals surface area contributed by atoms with Gasteiger partial charge in [-0.15, -0.1) is 0 Å². The monoisotopic (exact) mass is 275 g/mol. The van der Waals surface area contributed by atoms with Crippen LogP contribution in [0.4, 0.5) is 24.9 Å². The van der Waals surface area contributed by atoms with Crippen molar-refractivity contribution in [2.75, 3.05) is 17.4 Å². The number of rotatable bonds is 3. The number of anilines is 2. The minimum atomic E-state index is -4.51. The van der Waals surface area contributed by atoms with Gasteiger partial charge in [0.25, 0.3) is 0 Å². The molecule has 0 aromatic carbocycles. The van der Waals surface area contributed by atoms with Crippen LogP contribution in [0, 0.1) is 0 Å². The lowest BCUT2D eigenvalue weighted by atomic mass is 10.2. The molecule has 1 fully saturated rings. The Morgan fingerprint density at radius 3 is 2.47 bits per heavy atom. The van der Waals surface area contributed by atoms with Gasteiger partial charge in [-0.25, -0.2) is 10.8 Å². The molecule has 1 aliphatic rings. The third-order valence-corrected chi connectivity index (χ3v) is 3.37. The van der Waals surface area contributed by atoms with Crippen molar-refractivity contribution >= 4 is 11.8 Å². The Bertz CT molecular complexity index is 442. The predicted octanol–water partition coefficient (Wildman–Crippen LogP) is 2.16. The van der Waals surface area contributed by atoms with Crippen LogP contribution in [0.1, 0.15) is 31.4 Å². The second kappa shape index (κ2) is 5.20. The minimum Gasteiger partial charge on any atom is -0.357 e. The maximum absolute atomic E-state index is 12.7. The third kappa shape index (κ3) is 3.06. The van der Waals surface area contributed by atoms with Gasteiger partial charge in [0.05, 0.1) is 0 Å². The summed E-state index contributed by atoms with van der Waals surface area (Å²) < 4.78 is 38.2. The van der Waals surface area contributed by atoms with E-state index in [9.17, 15) is 13.2 Å². The number of nitrogens with two attached hydrogens (primary N) is 1. The molecule has 1 aromatic heterocycles. The van der Waals surface area contributed by atoms with Gasteiger partial charge < -0.3 is 4.90 Å². The van der Waals surface area contributed by atoms with Crippen molar-refractivity contribution in [2.24, 2.45) is 5.84 Å². The van der Waals surface area contributed by atoms with Gasteiger partial charge in [0.2, 0.25) is 5.95 Å². The van der Waals surface area contributed by atoms with Crippen molar-refractivity contribution in [2.45, 2.75) is 37.9 Å². The van der Waals surface area contributed by atoms with E-state index in [-0.39, 0.29) is 17.8 Å². The average molecular weight is 275 g/mol. The Kier molecular flexibility index (Phi) is 3.79. The van der Waals surface area contributed by atoms with E-state index in [2.05, 4.69) is 15.4 Å². The number of nitrogens with zero attached hydrogens (tertiary/aromatic N) is 3. The number of hydrogen-bond acceptors (Lipinski definition) is 5. The topological polar surface area (TPSA) is 67.1 Å². The molecular weight excluding hydrogens is 259 g/mol. The van der Waals surface area contributed by atoms with Crippen LogP contribution in [0.2, 0.25) is 0 Å². The molecule has 0 aliphatic heterocycles. The van der Waals surface area contributed by atoms with E-state index in [1.807, 2.05) is 0 Å². The van der Waals surface area contributed by atoms with Gasteiger partial charge in [0.1, 0.15) is 5.82 Å². The molecule has 1 heterocycles. The molecule has 0 atom stereocenters. The standard InChI is InChI=1S/C11H16F3N5/c1-19(7-4-2-3-5-7)9-6-8(11(12,13)14)16-10(17-9)18-15/h6-7H,2-5,15H2,1H3,(H,16,17,18). The largest absolute Gasteiger partial charge is 0.433 e. The number of aromatic nitrogens is 2. The molecule has 2 rings (SSSR count). The second-order valence-corrected chi connectivity index (χ2v) is 4.63. The number of hydrazine groups is 1. The number of hydrogen-bond donors (Lipinski definition) is 2. The maximum atomic E-state index is 12.7. The van der Waals surface area contributed by atoms with Gasteiger partial charge in [-0.3, -0.25) is 5.43 Å². The quantitative estimate of drug-likeness (QED) is 0.653. The van der Waals surface area contributed by atoms with E-state index >= 15 is 0 Å². The van der Waals surface area contributed by atoms with Crippen molar-refractivity contribution in [1.82, 2.24) is 9.97 Å². The van der Waals surface area contributed by atoms with Crippen LogP contribution in [0.25, 0.3) is 0 Å². The van der Waals surface area contributed by atoms with Crippen LogP contribution < -0.4 is 16.2 Å². The number of halogens is 3. The maximum Gasteiger partial charge on any atom is 0.433 e. The molecule has 0 unspecified atom stereocenters. The van der Waals surface area contributed by atoms with Crippen molar-refractivity contribution < 1.29 is 13.2 Å². The van der Waals surface area contributed by atoms with E-state index in [1.165, 1.54) is 0 Å². The fraction of sp³-hybridized carbons (Fsp3) is 0.636. The Hall–Kier alpha value is -1.57. The van der Waals surface area contributed by atoms with Crippen LogP contribution in [0.15, 0.2) is 6.07 Å². The van der Waals surface area contributed by atoms with Gasteiger partial charge in [-0.05, 0) is 12.8 Å². The molecule has 0 saturated heterocycles. The Labute approximate surface area is 109 Å². The minimum absolute atomic E-state index is 0.224. The van der Waals surface area contributed by atoms with Gasteiger partial charge in [-0.1, -0.05) is 12.8 Å². The SMILES string of the molecule is CN(c1cc(C(F)(F)F)nc(NN)n1)C1CCCC1. The molecule has 8 heteroatoms. The van der Waals surface area contributed by atoms with Crippen LogP contribution in [-0.4, -0.2) is 23.1 Å². The van der Waals surface area contributed by atoms with Crippen molar-refractivity contribution in [3.05, 3.63) is 11.8 Å². The van der Waals surface area contributed by atoms with Crippen molar-refractivity contribution in [1.29, 1.82) is 0 Å². The molecule has 0 amide bonds. The first-order chi connectivity index (χ1) is 8.91. The first-order valence-corrected chi connectivity index (χ1v) is 6.07. The fourth-order valence-corrected chi connectivity index (χ4v) is 2.30. The normalized spacial score (nSPS) is 16.7. The molecule has 19 heavy (non-hydrogen) atoms. The summed E-state index contributed by atoms with van der Waals surface area (Å²) >= 11 is 0. The Morgan fingerprint density at radius 2 is 1.95 bits per heavy atom. The summed E-state index contributed by atoms with van der Waals surface area (Å²) in [6.07, 6.45) is -0.400. The highest BCUT2D eigenvalue weighted by Crippen LogP contribution is 2.32. The van der Waals surface area contributed by atoms with Gasteiger partial charge >= 0.3 is 6.18 Å². The molecule has 106 valence electrons. The lowest BCUT2D eigenvalue weighted by Crippen LogP contribution is -2.30. The summed E-state index contributed by atoms with van der Waals surface area (Å²) in [6, 6.07) is 1.18. The van der Waals surface area contributed by atoms with E-state index < -0.39 is 11.9 Å². The van der Waals surface area contributed by atoms with Crippen LogP contribution in [0.3, 0.4) is 0 Å². The molecule has 1 aliphatic carbocycles. The first-order valence-electron chi connectivity index (χ1n) is 6.07. The first kappa shape index (κ1) is 13.9. The molecule has 0 bridgehead atoms. The van der Waals surface area contributed by atoms with E-state index in [4.69, 9.17) is 5.84 Å². The predicted molar refractivity (Wildman–Crippen MR) is 65.5 cm³/mol. The average Bonchev–Trinajstić information content (AvgIpc) is 2.90. The molecule has 1 saturated carbocycles. The number of nitrogen functional groups attached to an aromatic ring is 1. The summed E-state index contributed by atoms with van der Waals surface area (Å²) in [7, 11) is 1.75. The molecular formula is C11H16F3N5. The summed E-state index contributed by atoms with van der Waals surface area (Å²) in [5.74, 6) is 5.13. The fourth-order valence-electron chi connectivity index (χ4n) is 2.30. The Balaban J connectivity index is 2.33. The second-order valence-electron chi connectivity index (χ2n) is 4.63. The highest BCUT2D eigenvalue weighted by Gasteiger charge is 2.34. The van der Waals surface area contributed by atoms with Crippen LogP contribution in [0.5, 0.6) is 0 Å². The zero-order valence-electron chi connectivity index (χ0n) is 10.5. The summed E-state index contributed by atoms with van der Waals surface area (Å²) in [4.78, 5) is 9.09. The zero-order chi connectivity index (χ0) is 14.0. The molecule has 0 spiro atoms. The van der Waals surface area contributed by atoms with Gasteiger partial charge in [0.15, 0.2) is 5.69 Å². The van der Waals surface area contributed by atoms with E-state index in [0.29, 0.717) is 0 Å². The molecule has 1 aromatic rings. The molecule has 5 nitrogen and oxygen atoms in total. The number of alkyl halides is 3. The smallest absolute Gasteiger partial charge is 0.357 e. The Morgan fingerprint density at radius 1 is 1.32 bits per heavy atom. The van der Waals surface area contributed by atoms with E-state index in [1.54, 1.807) is 11.9 Å². The summed E-state index contributed by atoms with van der Waals surface area (Å²) in [5.41, 5.74) is 1.09. The zero-order valence-corrected chi connectivity index (χ0v) is 10.5. The van der Waals surface area contributed by atoms with Crippen molar-refractivity contribution in [3.63, 3.8) is 0 Å². The summed E-state index contributed by atoms with van der Waals surface area (Å²) in [5, 5.41) is 0. The lowest BCUT2D eigenvalue weighted by Gasteiger charge is -2.26. The molecule has 3 N–H and O–H groups in total. The lowest BCUT2D eigenvalue weighted by molar-refractivity contribution is -0.141. The number of nitrogens with one attached hydrogen (secondary N) is 1. The third-order valence-electron chi connectivity index (χ3n) is 3.37. The van der Waals surface area contributed by atoms with Gasteiger partial charge in [-0.2, -0.15) is 18.2 Å². The molecule has 0 radical (unpaired) electrons. The van der Waals surface area contributed by atoms with Crippen LogP contribution >= 0.6 is 0 Å². The highest BCUT2D eigenvalue weighted by molar-refractivity contribution is 5.45.